The standard InChI is InChI=1S/C12H23N5/c1-13-12-9-14-11(8-15-12)10-17(4)7-5-6-16(2)3/h8-9H,5-7,10H2,1-4H3,(H,13,15). The van der Waals surface area contributed by atoms with E-state index in [4.69, 9.17) is 0 Å². The number of nitrogens with zero attached hydrogens (tertiary/aromatic N) is 4. The third kappa shape index (κ3) is 5.60. The van der Waals surface area contributed by atoms with E-state index in [2.05, 4.69) is 46.2 Å². The van der Waals surface area contributed by atoms with Gasteiger partial charge < -0.3 is 15.1 Å². The summed E-state index contributed by atoms with van der Waals surface area (Å²) in [4.78, 5) is 13.1. The normalized spacial score (nSPS) is 11.2. The Labute approximate surface area is 104 Å². The number of aromatic nitrogens is 2. The zero-order valence-corrected chi connectivity index (χ0v) is 11.3. The molecule has 17 heavy (non-hydrogen) atoms. The highest BCUT2D eigenvalue weighted by Crippen LogP contribution is 2.02. The molecule has 5 heteroatoms. The number of hydrogen-bond acceptors (Lipinski definition) is 5. The molecule has 0 aliphatic heterocycles. The molecule has 0 amide bonds. The molecular formula is C12H23N5. The van der Waals surface area contributed by atoms with E-state index in [0.29, 0.717) is 0 Å². The summed E-state index contributed by atoms with van der Waals surface area (Å²) in [6.07, 6.45) is 4.77. The van der Waals surface area contributed by atoms with Crippen molar-refractivity contribution in [2.24, 2.45) is 0 Å². The van der Waals surface area contributed by atoms with Gasteiger partial charge in [-0.1, -0.05) is 0 Å². The van der Waals surface area contributed by atoms with Crippen LogP contribution in [0.1, 0.15) is 12.1 Å². The minimum Gasteiger partial charge on any atom is -0.372 e. The van der Waals surface area contributed by atoms with Gasteiger partial charge in [0.25, 0.3) is 0 Å². The molecule has 0 atom stereocenters. The van der Waals surface area contributed by atoms with E-state index >= 15 is 0 Å². The predicted molar refractivity (Wildman–Crippen MR) is 71.1 cm³/mol. The lowest BCUT2D eigenvalue weighted by molar-refractivity contribution is 0.291. The van der Waals surface area contributed by atoms with E-state index in [-0.39, 0.29) is 0 Å². The fourth-order valence-electron chi connectivity index (χ4n) is 1.58. The highest BCUT2D eigenvalue weighted by molar-refractivity contribution is 5.29. The summed E-state index contributed by atoms with van der Waals surface area (Å²) in [6.45, 7) is 3.05. The molecule has 5 nitrogen and oxygen atoms in total. The average Bonchev–Trinajstić information content (AvgIpc) is 2.29. The van der Waals surface area contributed by atoms with Gasteiger partial charge in [0, 0.05) is 13.6 Å². The Bertz CT molecular complexity index is 309. The van der Waals surface area contributed by atoms with Gasteiger partial charge in [0.05, 0.1) is 18.1 Å². The topological polar surface area (TPSA) is 44.3 Å². The summed E-state index contributed by atoms with van der Waals surface area (Å²) in [7, 11) is 8.16. The maximum atomic E-state index is 4.36. The Kier molecular flexibility index (Phi) is 5.86. The van der Waals surface area contributed by atoms with Crippen molar-refractivity contribution in [2.75, 3.05) is 46.6 Å². The van der Waals surface area contributed by atoms with Gasteiger partial charge in [-0.25, -0.2) is 4.98 Å². The van der Waals surface area contributed by atoms with Crippen molar-refractivity contribution in [1.29, 1.82) is 0 Å². The Balaban J connectivity index is 2.31. The maximum Gasteiger partial charge on any atom is 0.144 e. The summed E-state index contributed by atoms with van der Waals surface area (Å²) in [5.41, 5.74) is 1.01. The molecule has 0 aliphatic rings. The van der Waals surface area contributed by atoms with E-state index in [1.54, 1.807) is 6.20 Å². The van der Waals surface area contributed by atoms with Crippen LogP contribution in [0.2, 0.25) is 0 Å². The van der Waals surface area contributed by atoms with Crippen LogP contribution in [0.25, 0.3) is 0 Å². The first-order valence-corrected chi connectivity index (χ1v) is 5.93. The minimum absolute atomic E-state index is 0.809. The largest absolute Gasteiger partial charge is 0.372 e. The number of hydrogen-bond donors (Lipinski definition) is 1. The Morgan fingerprint density at radius 1 is 1.12 bits per heavy atom. The molecule has 0 aliphatic carbocycles. The first-order valence-electron chi connectivity index (χ1n) is 5.93. The second-order valence-corrected chi connectivity index (χ2v) is 4.54. The fourth-order valence-corrected chi connectivity index (χ4v) is 1.58. The molecule has 0 bridgehead atoms. The molecular weight excluding hydrogens is 214 g/mol. The summed E-state index contributed by atoms with van der Waals surface area (Å²) >= 11 is 0. The van der Waals surface area contributed by atoms with Crippen molar-refractivity contribution in [3.05, 3.63) is 18.1 Å². The molecule has 0 fully saturated rings. The third-order valence-electron chi connectivity index (χ3n) is 2.54. The minimum atomic E-state index is 0.809. The van der Waals surface area contributed by atoms with Gasteiger partial charge in [-0.15, -0.1) is 0 Å². The molecule has 0 saturated carbocycles. The van der Waals surface area contributed by atoms with Crippen molar-refractivity contribution in [3.63, 3.8) is 0 Å². The quantitative estimate of drug-likeness (QED) is 0.763. The molecule has 1 aromatic rings. The monoisotopic (exact) mass is 237 g/mol. The van der Waals surface area contributed by atoms with Crippen LogP contribution in [0, 0.1) is 0 Å². The summed E-state index contributed by atoms with van der Waals surface area (Å²) < 4.78 is 0. The van der Waals surface area contributed by atoms with Crippen LogP contribution in [0.5, 0.6) is 0 Å². The third-order valence-corrected chi connectivity index (χ3v) is 2.54. The van der Waals surface area contributed by atoms with Crippen LogP contribution < -0.4 is 5.32 Å². The second-order valence-electron chi connectivity index (χ2n) is 4.54. The van der Waals surface area contributed by atoms with Gasteiger partial charge in [0.15, 0.2) is 0 Å². The highest BCUT2D eigenvalue weighted by atomic mass is 15.1. The molecule has 1 rings (SSSR count). The van der Waals surface area contributed by atoms with Gasteiger partial charge in [-0.3, -0.25) is 4.98 Å². The summed E-state index contributed by atoms with van der Waals surface area (Å²) in [5.74, 6) is 0.809. The molecule has 0 saturated heterocycles. The fraction of sp³-hybridized carbons (Fsp3) is 0.667. The van der Waals surface area contributed by atoms with E-state index < -0.39 is 0 Å². The zero-order valence-electron chi connectivity index (χ0n) is 11.3. The Morgan fingerprint density at radius 2 is 1.88 bits per heavy atom. The van der Waals surface area contributed by atoms with Crippen molar-refractivity contribution in [2.45, 2.75) is 13.0 Å². The maximum absolute atomic E-state index is 4.36. The van der Waals surface area contributed by atoms with E-state index in [9.17, 15) is 0 Å². The van der Waals surface area contributed by atoms with Crippen molar-refractivity contribution >= 4 is 5.82 Å². The lowest BCUT2D eigenvalue weighted by atomic mass is 10.3. The average molecular weight is 237 g/mol. The SMILES string of the molecule is CNc1cnc(CN(C)CCCN(C)C)cn1. The first kappa shape index (κ1) is 13.9. The summed E-state index contributed by atoms with van der Waals surface area (Å²) in [6, 6.07) is 0. The lowest BCUT2D eigenvalue weighted by Crippen LogP contribution is -2.23. The predicted octanol–water partition coefficient (Wildman–Crippen LogP) is 0.902. The number of anilines is 1. The van der Waals surface area contributed by atoms with Crippen molar-refractivity contribution in [3.8, 4) is 0 Å². The Hall–Kier alpha value is -1.20. The van der Waals surface area contributed by atoms with Crippen molar-refractivity contribution < 1.29 is 0 Å². The van der Waals surface area contributed by atoms with Crippen LogP contribution in [0.3, 0.4) is 0 Å². The molecule has 0 spiro atoms. The zero-order chi connectivity index (χ0) is 12.7. The van der Waals surface area contributed by atoms with Gasteiger partial charge in [-0.05, 0) is 40.7 Å². The van der Waals surface area contributed by atoms with E-state index in [1.165, 1.54) is 6.42 Å². The van der Waals surface area contributed by atoms with Crippen LogP contribution >= 0.6 is 0 Å². The summed E-state index contributed by atoms with van der Waals surface area (Å²) in [5, 5.41) is 2.96. The number of rotatable bonds is 7. The highest BCUT2D eigenvalue weighted by Gasteiger charge is 2.02. The van der Waals surface area contributed by atoms with E-state index in [0.717, 1.165) is 31.1 Å². The van der Waals surface area contributed by atoms with Crippen LogP contribution in [-0.4, -0.2) is 61.0 Å². The first-order chi connectivity index (χ1) is 8.11. The Morgan fingerprint density at radius 3 is 2.41 bits per heavy atom. The van der Waals surface area contributed by atoms with Gasteiger partial charge >= 0.3 is 0 Å². The lowest BCUT2D eigenvalue weighted by Gasteiger charge is -2.17. The molecule has 0 radical (unpaired) electrons. The molecule has 1 aromatic heterocycles. The molecule has 1 N–H and O–H groups in total. The van der Waals surface area contributed by atoms with Gasteiger partial charge in [0.1, 0.15) is 5.82 Å². The van der Waals surface area contributed by atoms with Crippen LogP contribution in [-0.2, 0) is 6.54 Å². The van der Waals surface area contributed by atoms with Gasteiger partial charge in [0.2, 0.25) is 0 Å². The molecule has 0 aromatic carbocycles. The van der Waals surface area contributed by atoms with Crippen LogP contribution in [0.15, 0.2) is 12.4 Å². The molecule has 1 heterocycles. The number of nitrogens with one attached hydrogen (secondary N) is 1. The van der Waals surface area contributed by atoms with Crippen molar-refractivity contribution in [1.82, 2.24) is 19.8 Å². The van der Waals surface area contributed by atoms with E-state index in [1.807, 2.05) is 13.2 Å². The molecule has 96 valence electrons. The molecule has 0 unspecified atom stereocenters. The van der Waals surface area contributed by atoms with Gasteiger partial charge in [-0.2, -0.15) is 0 Å². The second kappa shape index (κ2) is 7.19. The van der Waals surface area contributed by atoms with Crippen LogP contribution in [0.4, 0.5) is 5.82 Å². The smallest absolute Gasteiger partial charge is 0.144 e.